The highest BCUT2D eigenvalue weighted by molar-refractivity contribution is 5.85. The van der Waals surface area contributed by atoms with Crippen molar-refractivity contribution in [3.05, 3.63) is 36.1 Å². The van der Waals surface area contributed by atoms with E-state index in [0.29, 0.717) is 18.6 Å². The van der Waals surface area contributed by atoms with Crippen molar-refractivity contribution in [3.63, 3.8) is 0 Å². The first-order valence-corrected chi connectivity index (χ1v) is 8.01. The van der Waals surface area contributed by atoms with Gasteiger partial charge in [-0.05, 0) is 31.9 Å². The normalized spacial score (nSPS) is 18.0. The van der Waals surface area contributed by atoms with Crippen molar-refractivity contribution in [3.8, 4) is 0 Å². The molecule has 1 heterocycles. The fourth-order valence-electron chi connectivity index (χ4n) is 3.40. The molecule has 0 aliphatic heterocycles. The highest BCUT2D eigenvalue weighted by Gasteiger charge is 2.43. The number of nitrogens with one attached hydrogen (secondary N) is 1. The number of hydrogen-bond acceptors (Lipinski definition) is 3. The molecule has 122 valence electrons. The van der Waals surface area contributed by atoms with E-state index in [1.165, 1.54) is 0 Å². The fourth-order valence-corrected chi connectivity index (χ4v) is 3.40. The van der Waals surface area contributed by atoms with Crippen molar-refractivity contribution in [2.24, 2.45) is 5.41 Å². The van der Waals surface area contributed by atoms with Crippen LogP contribution in [0.4, 0.5) is 0 Å². The monoisotopic (exact) mass is 315 g/mol. The molecule has 0 radical (unpaired) electrons. The highest BCUT2D eigenvalue weighted by atomic mass is 16.4. The van der Waals surface area contributed by atoms with Gasteiger partial charge in [0.15, 0.2) is 0 Å². The molecule has 23 heavy (non-hydrogen) atoms. The minimum atomic E-state index is -0.891. The number of fused-ring (bicyclic) bond motifs is 1. The molecule has 1 atom stereocenters. The SMILES string of the molecule is C[C@H](NC(=O)CC1(C(=O)O)CCCC1)c1cc2ccccc2o1. The lowest BCUT2D eigenvalue weighted by atomic mass is 9.82. The predicted molar refractivity (Wildman–Crippen MR) is 85.9 cm³/mol. The number of hydrogen-bond donors (Lipinski definition) is 2. The van der Waals surface area contributed by atoms with Gasteiger partial charge in [0.2, 0.25) is 5.91 Å². The Morgan fingerprint density at radius 3 is 2.65 bits per heavy atom. The molecular weight excluding hydrogens is 294 g/mol. The summed E-state index contributed by atoms with van der Waals surface area (Å²) in [5.41, 5.74) is -0.112. The zero-order valence-corrected chi connectivity index (χ0v) is 13.2. The van der Waals surface area contributed by atoms with Crippen LogP contribution in [0.15, 0.2) is 34.7 Å². The van der Waals surface area contributed by atoms with E-state index in [4.69, 9.17) is 4.42 Å². The van der Waals surface area contributed by atoms with Gasteiger partial charge in [0, 0.05) is 11.8 Å². The van der Waals surface area contributed by atoms with Crippen molar-refractivity contribution < 1.29 is 19.1 Å². The summed E-state index contributed by atoms with van der Waals surface area (Å²) < 4.78 is 5.74. The van der Waals surface area contributed by atoms with Gasteiger partial charge < -0.3 is 14.8 Å². The quantitative estimate of drug-likeness (QED) is 0.882. The van der Waals surface area contributed by atoms with Crippen LogP contribution in [0.1, 0.15) is 50.8 Å². The second kappa shape index (κ2) is 6.07. The van der Waals surface area contributed by atoms with Gasteiger partial charge in [0.1, 0.15) is 11.3 Å². The molecule has 2 aromatic rings. The Morgan fingerprint density at radius 1 is 1.30 bits per heavy atom. The van der Waals surface area contributed by atoms with Gasteiger partial charge in [-0.1, -0.05) is 31.0 Å². The maximum Gasteiger partial charge on any atom is 0.310 e. The smallest absolute Gasteiger partial charge is 0.310 e. The number of aliphatic carboxylic acids is 1. The number of benzene rings is 1. The summed E-state index contributed by atoms with van der Waals surface area (Å²) in [5, 5.41) is 13.3. The average Bonchev–Trinajstić information content (AvgIpc) is 3.13. The lowest BCUT2D eigenvalue weighted by molar-refractivity contribution is -0.151. The molecule has 1 fully saturated rings. The number of carboxylic acid groups (broad SMARTS) is 1. The number of amides is 1. The lowest BCUT2D eigenvalue weighted by Crippen LogP contribution is -2.36. The summed E-state index contributed by atoms with van der Waals surface area (Å²) in [6, 6.07) is 9.28. The van der Waals surface area contributed by atoms with Crippen molar-refractivity contribution >= 4 is 22.8 Å². The number of para-hydroxylation sites is 1. The number of carbonyl (C=O) groups is 2. The molecule has 5 heteroatoms. The van der Waals surface area contributed by atoms with Gasteiger partial charge in [0.05, 0.1) is 11.5 Å². The van der Waals surface area contributed by atoms with Gasteiger partial charge >= 0.3 is 5.97 Å². The minimum Gasteiger partial charge on any atom is -0.481 e. The zero-order chi connectivity index (χ0) is 16.4. The van der Waals surface area contributed by atoms with E-state index in [1.807, 2.05) is 37.3 Å². The third-order valence-corrected chi connectivity index (χ3v) is 4.76. The molecule has 5 nitrogen and oxygen atoms in total. The van der Waals surface area contributed by atoms with Crippen LogP contribution in [0.5, 0.6) is 0 Å². The topological polar surface area (TPSA) is 79.5 Å². The van der Waals surface area contributed by atoms with Crippen LogP contribution in [0.3, 0.4) is 0 Å². The maximum atomic E-state index is 12.3. The summed E-state index contributed by atoms with van der Waals surface area (Å²) in [6.45, 7) is 1.84. The van der Waals surface area contributed by atoms with E-state index < -0.39 is 11.4 Å². The van der Waals surface area contributed by atoms with E-state index in [2.05, 4.69) is 5.32 Å². The Morgan fingerprint density at radius 2 is 2.00 bits per heavy atom. The largest absolute Gasteiger partial charge is 0.481 e. The molecule has 2 N–H and O–H groups in total. The summed E-state index contributed by atoms with van der Waals surface area (Å²) in [4.78, 5) is 23.8. The second-order valence-electron chi connectivity index (χ2n) is 6.45. The summed E-state index contributed by atoms with van der Waals surface area (Å²) in [7, 11) is 0. The molecule has 3 rings (SSSR count). The van der Waals surface area contributed by atoms with Crippen LogP contribution < -0.4 is 5.32 Å². The maximum absolute atomic E-state index is 12.3. The van der Waals surface area contributed by atoms with Crippen LogP contribution >= 0.6 is 0 Å². The summed E-state index contributed by atoms with van der Waals surface area (Å²) >= 11 is 0. The van der Waals surface area contributed by atoms with Crippen molar-refractivity contribution in [1.82, 2.24) is 5.32 Å². The molecule has 0 saturated heterocycles. The van der Waals surface area contributed by atoms with Crippen LogP contribution in [0, 0.1) is 5.41 Å². The first kappa shape index (κ1) is 15.6. The number of carboxylic acids is 1. The van der Waals surface area contributed by atoms with Crippen LogP contribution in [0.2, 0.25) is 0 Å². The third kappa shape index (κ3) is 3.09. The molecule has 1 aliphatic carbocycles. The molecule has 0 unspecified atom stereocenters. The Hall–Kier alpha value is -2.30. The number of furan rings is 1. The minimum absolute atomic E-state index is 0.0346. The standard InChI is InChI=1S/C18H21NO4/c1-12(15-10-13-6-2-3-7-14(13)23-15)19-16(20)11-18(17(21)22)8-4-5-9-18/h2-3,6-7,10,12H,4-5,8-9,11H2,1H3,(H,19,20)(H,21,22)/t12-/m0/s1. The number of rotatable bonds is 5. The lowest BCUT2D eigenvalue weighted by Gasteiger charge is -2.23. The van der Waals surface area contributed by atoms with Crippen molar-refractivity contribution in [2.75, 3.05) is 0 Å². The zero-order valence-electron chi connectivity index (χ0n) is 13.2. The Labute approximate surface area is 134 Å². The number of carbonyl (C=O) groups excluding carboxylic acids is 1. The average molecular weight is 315 g/mol. The van der Waals surface area contributed by atoms with Gasteiger partial charge in [-0.2, -0.15) is 0 Å². The van der Waals surface area contributed by atoms with Crippen LogP contribution in [0.25, 0.3) is 11.0 Å². The second-order valence-corrected chi connectivity index (χ2v) is 6.45. The van der Waals surface area contributed by atoms with Crippen LogP contribution in [-0.4, -0.2) is 17.0 Å². The molecule has 0 spiro atoms. The van der Waals surface area contributed by atoms with Crippen molar-refractivity contribution in [1.29, 1.82) is 0 Å². The molecule has 1 aromatic heterocycles. The Kier molecular flexibility index (Phi) is 4.11. The van der Waals surface area contributed by atoms with Gasteiger partial charge in [-0.3, -0.25) is 9.59 Å². The molecule has 0 bridgehead atoms. The first-order valence-electron chi connectivity index (χ1n) is 8.01. The van der Waals surface area contributed by atoms with E-state index in [9.17, 15) is 14.7 Å². The van der Waals surface area contributed by atoms with Gasteiger partial charge in [0.25, 0.3) is 0 Å². The van der Waals surface area contributed by atoms with Crippen molar-refractivity contribution in [2.45, 2.75) is 45.1 Å². The highest BCUT2D eigenvalue weighted by Crippen LogP contribution is 2.41. The van der Waals surface area contributed by atoms with E-state index in [0.717, 1.165) is 23.8 Å². The summed E-state index contributed by atoms with van der Waals surface area (Å²) in [6.07, 6.45) is 2.94. The van der Waals surface area contributed by atoms with Gasteiger partial charge in [-0.25, -0.2) is 0 Å². The Bertz CT molecular complexity index is 694. The van der Waals surface area contributed by atoms with Crippen LogP contribution in [-0.2, 0) is 9.59 Å². The van der Waals surface area contributed by atoms with E-state index in [1.54, 1.807) is 0 Å². The molecule has 1 saturated carbocycles. The summed E-state index contributed by atoms with van der Waals surface area (Å²) in [5.74, 6) is -0.417. The molecule has 1 aromatic carbocycles. The fraction of sp³-hybridized carbons (Fsp3) is 0.444. The molecular formula is C18H21NO4. The van der Waals surface area contributed by atoms with Gasteiger partial charge in [-0.15, -0.1) is 0 Å². The Balaban J connectivity index is 1.68. The van der Waals surface area contributed by atoms with E-state index >= 15 is 0 Å². The first-order chi connectivity index (χ1) is 11.0. The molecule has 1 aliphatic rings. The van der Waals surface area contributed by atoms with E-state index in [-0.39, 0.29) is 18.4 Å². The third-order valence-electron chi connectivity index (χ3n) is 4.76. The molecule has 1 amide bonds. The predicted octanol–water partition coefficient (Wildman–Crippen LogP) is 3.65.